The van der Waals surface area contributed by atoms with Gasteiger partial charge in [0.2, 0.25) is 35.3 Å². The number of phenols is 2. The zero-order valence-corrected chi connectivity index (χ0v) is 44.9. The van der Waals surface area contributed by atoms with E-state index in [1.807, 2.05) is 0 Å². The molecule has 2 aliphatic heterocycles. The lowest BCUT2D eigenvalue weighted by atomic mass is 9.72. The number of Topliss-reactive ketones (excluding diaryl/α,β-unsaturated/α-hetero) is 2. The molecule has 2 aromatic carbocycles. The van der Waals surface area contributed by atoms with Crippen LogP contribution in [0.25, 0.3) is 0 Å². The molecular formula is C55H70N6O18. The van der Waals surface area contributed by atoms with Gasteiger partial charge >= 0.3 is 0 Å². The summed E-state index contributed by atoms with van der Waals surface area (Å²) in [6.45, 7) is 10.9. The lowest BCUT2D eigenvalue weighted by Gasteiger charge is -2.43. The third kappa shape index (κ3) is 13.7. The van der Waals surface area contributed by atoms with Gasteiger partial charge in [0.25, 0.3) is 5.91 Å². The Morgan fingerprint density at radius 2 is 1.56 bits per heavy atom. The van der Waals surface area contributed by atoms with Crippen LogP contribution in [0.4, 0.5) is 0 Å². The minimum Gasteiger partial charge on any atom is -0.507 e. The Hall–Kier alpha value is -7.38. The van der Waals surface area contributed by atoms with Crippen molar-refractivity contribution in [3.63, 3.8) is 0 Å². The lowest BCUT2D eigenvalue weighted by molar-refractivity contribution is -0.249. The summed E-state index contributed by atoms with van der Waals surface area (Å²) in [5.41, 5.74) is 1.44. The number of carbonyl (C=O) groups is 10. The average Bonchev–Trinajstić information content (AvgIpc) is 3.52. The number of aliphatic hydroxyl groups excluding tert-OH is 2. The molecule has 0 spiro atoms. The highest BCUT2D eigenvalue weighted by Gasteiger charge is 2.51. The number of methoxy groups -OCH3 is 1. The van der Waals surface area contributed by atoms with Crippen LogP contribution < -0.4 is 31.7 Å². The van der Waals surface area contributed by atoms with Crippen molar-refractivity contribution in [2.45, 2.75) is 153 Å². The second-order valence-corrected chi connectivity index (χ2v) is 21.0. The average molecular weight is 1100 g/mol. The molecule has 2 heterocycles. The van der Waals surface area contributed by atoms with Gasteiger partial charge in [-0.15, -0.1) is 0 Å². The Labute approximate surface area is 455 Å². The third-order valence-electron chi connectivity index (χ3n) is 14.6. The fraction of sp³-hybridized carbons (Fsp3) is 0.527. The van der Waals surface area contributed by atoms with Gasteiger partial charge in [-0.3, -0.25) is 47.9 Å². The van der Waals surface area contributed by atoms with Gasteiger partial charge in [0.05, 0.1) is 48.5 Å². The van der Waals surface area contributed by atoms with Crippen LogP contribution in [0, 0.1) is 11.8 Å². The van der Waals surface area contributed by atoms with Crippen molar-refractivity contribution in [1.82, 2.24) is 26.2 Å². The van der Waals surface area contributed by atoms with E-state index in [2.05, 4.69) is 27.8 Å². The van der Waals surface area contributed by atoms with Crippen molar-refractivity contribution >= 4 is 58.6 Å². The predicted octanol–water partition coefficient (Wildman–Crippen LogP) is 0.622. The number of ether oxygens (including phenoxy) is 3. The van der Waals surface area contributed by atoms with Crippen LogP contribution in [0.5, 0.6) is 17.2 Å². The lowest BCUT2D eigenvalue weighted by Crippen LogP contribution is -2.60. The van der Waals surface area contributed by atoms with Crippen LogP contribution >= 0.6 is 0 Å². The number of allylic oxidation sites excluding steroid dienone is 1. The Kier molecular flexibility index (Phi) is 19.7. The second-order valence-electron chi connectivity index (χ2n) is 21.0. The Morgan fingerprint density at radius 1 is 0.873 bits per heavy atom. The van der Waals surface area contributed by atoms with Gasteiger partial charge in [-0.05, 0) is 51.2 Å². The highest BCUT2D eigenvalue weighted by atomic mass is 16.7. The number of aliphatic hydroxyl groups is 3. The second kappa shape index (κ2) is 25.6. The Bertz CT molecular complexity index is 2810. The molecule has 0 unspecified atom stereocenters. The van der Waals surface area contributed by atoms with E-state index >= 15 is 0 Å². The molecule has 428 valence electrons. The van der Waals surface area contributed by atoms with Gasteiger partial charge in [0.1, 0.15) is 59.5 Å². The number of carbonyl (C=O) groups excluding carboxylic acids is 10. The number of benzene rings is 2. The largest absolute Gasteiger partial charge is 0.507 e. The number of nitrogens with one attached hydrogen (secondary N) is 4. The van der Waals surface area contributed by atoms with Gasteiger partial charge in [0.15, 0.2) is 17.9 Å². The van der Waals surface area contributed by atoms with Crippen molar-refractivity contribution in [2.24, 2.45) is 17.6 Å². The summed E-state index contributed by atoms with van der Waals surface area (Å²) in [4.78, 5) is 134. The minimum atomic E-state index is -2.46. The quantitative estimate of drug-likeness (QED) is 0.0411. The Balaban J connectivity index is 1.12. The summed E-state index contributed by atoms with van der Waals surface area (Å²) >= 11 is 0. The van der Waals surface area contributed by atoms with Crippen LogP contribution in [0.15, 0.2) is 42.6 Å². The molecular weight excluding hydrogens is 1030 g/mol. The maximum Gasteiger partial charge on any atom is 0.251 e. The van der Waals surface area contributed by atoms with Gasteiger partial charge < -0.3 is 71.6 Å². The summed E-state index contributed by atoms with van der Waals surface area (Å²) < 4.78 is 17.6. The summed E-state index contributed by atoms with van der Waals surface area (Å²) in [6.07, 6.45) is -3.11. The van der Waals surface area contributed by atoms with Gasteiger partial charge in [-0.2, -0.15) is 0 Å². The van der Waals surface area contributed by atoms with Gasteiger partial charge in [0, 0.05) is 73.0 Å². The topological polar surface area (TPSA) is 377 Å². The molecule has 1 saturated heterocycles. The van der Waals surface area contributed by atoms with E-state index in [1.54, 1.807) is 24.8 Å². The zero-order valence-electron chi connectivity index (χ0n) is 44.9. The smallest absolute Gasteiger partial charge is 0.251 e. The van der Waals surface area contributed by atoms with E-state index in [1.165, 1.54) is 52.2 Å². The zero-order chi connectivity index (χ0) is 58.4. The highest BCUT2D eigenvalue weighted by molar-refractivity contribution is 6.31. The number of hydrogen-bond donors (Lipinski definition) is 10. The maximum atomic E-state index is 14.2. The number of nitrogens with zero attached hydrogens (tertiary/aromatic N) is 1. The number of primary amides is 1. The van der Waals surface area contributed by atoms with Crippen molar-refractivity contribution in [3.05, 3.63) is 76.0 Å². The molecule has 2 aromatic rings. The molecule has 79 heavy (non-hydrogen) atoms. The van der Waals surface area contributed by atoms with Crippen molar-refractivity contribution in [1.29, 1.82) is 0 Å². The molecule has 6 amide bonds. The van der Waals surface area contributed by atoms with Crippen LogP contribution in [0.2, 0.25) is 0 Å². The summed E-state index contributed by atoms with van der Waals surface area (Å²) in [5, 5.41) is 66.8. The van der Waals surface area contributed by atoms with Crippen LogP contribution in [-0.2, 0) is 54.3 Å². The SMILES string of the molecule is C=C1C=CC(=O)N1CCCCCC(=O)C[C@@H](C)C(=O)N[C@@H](C)C(=O)N[C@@H](CC(N)=O)C(=O)N[C@@H](CC(C)C)C(=O)N[C@H]1C[C@H](O[C@H]2C[C@](O)(C(=O)CO)Cc3c(O)c4c(c(O)c32)C(=O)c2c(OC)cccc2C4=O)O[C@@H](C)[C@H]1O. The van der Waals surface area contributed by atoms with Crippen LogP contribution in [-0.4, -0.2) is 158 Å². The van der Waals surface area contributed by atoms with Crippen LogP contribution in [0.3, 0.4) is 0 Å². The number of ketones is 4. The molecule has 0 saturated carbocycles. The monoisotopic (exact) mass is 1100 g/mol. The van der Waals surface area contributed by atoms with E-state index in [9.17, 15) is 73.5 Å². The minimum absolute atomic E-state index is 0.00174. The molecule has 24 heteroatoms. The summed E-state index contributed by atoms with van der Waals surface area (Å²) in [5.74, 6) is -10.3. The molecule has 24 nitrogen and oxygen atoms in total. The number of nitrogens with two attached hydrogens (primary N) is 1. The number of aromatic hydroxyl groups is 2. The number of phenolic OH excluding ortho intramolecular Hbond substituents is 2. The van der Waals surface area contributed by atoms with E-state index in [0.717, 1.165) is 0 Å². The van der Waals surface area contributed by atoms with Crippen molar-refractivity contribution < 1.29 is 87.7 Å². The number of amides is 6. The van der Waals surface area contributed by atoms with Crippen LogP contribution in [0.1, 0.15) is 141 Å². The molecule has 2 aliphatic carbocycles. The van der Waals surface area contributed by atoms with E-state index < -0.39 is 156 Å². The molecule has 1 fully saturated rings. The molecule has 0 radical (unpaired) electrons. The standard InChI is InChI=1S/C55H70N6O18/c1-25(2)18-34(60-54(75)35(20-39(56)65)59-52(73)28(5)57-51(72)26(3)19-30(63)12-9-8-10-17-61-27(4)15-16-40(61)66)53(74)58-33-21-41(78-29(6)46(33)67)79-37-23-55(76,38(64)24-62)22-32-43(37)50(71)45-44(48(32)69)47(68)31-13-11-14-36(77-7)42(31)49(45)70/h11,13-16,25-26,28-29,33-35,37,41,46,62,67,69,71,76H,4,8-10,12,17-24H2,1-3,5-7H3,(H2,56,65)(H,57,72)(H,58,74)(H,59,73)(H,60,75)/t26-,28+,29+,33+,34+,35+,37+,41+,46-,55+/m1/s1. The highest BCUT2D eigenvalue weighted by Crippen LogP contribution is 2.52. The number of hydrogen-bond acceptors (Lipinski definition) is 18. The summed E-state index contributed by atoms with van der Waals surface area (Å²) in [6, 6.07) is -1.31. The molecule has 11 N–H and O–H groups in total. The molecule has 4 aliphatic rings. The first-order chi connectivity index (χ1) is 37.2. The molecule has 6 rings (SSSR count). The fourth-order valence-electron chi connectivity index (χ4n) is 10.3. The molecule has 0 aromatic heterocycles. The Morgan fingerprint density at radius 3 is 2.19 bits per heavy atom. The van der Waals surface area contributed by atoms with E-state index in [0.29, 0.717) is 31.5 Å². The van der Waals surface area contributed by atoms with Gasteiger partial charge in [-0.25, -0.2) is 0 Å². The molecule has 10 atom stereocenters. The van der Waals surface area contributed by atoms with Crippen molar-refractivity contribution in [3.8, 4) is 17.2 Å². The van der Waals surface area contributed by atoms with Gasteiger partial charge in [-0.1, -0.05) is 45.9 Å². The van der Waals surface area contributed by atoms with Crippen molar-refractivity contribution in [2.75, 3.05) is 20.3 Å². The fourth-order valence-corrected chi connectivity index (χ4v) is 10.3. The first-order valence-electron chi connectivity index (χ1n) is 26.1. The number of rotatable bonds is 25. The first-order valence-corrected chi connectivity index (χ1v) is 26.1. The van der Waals surface area contributed by atoms with E-state index in [4.69, 9.17) is 19.9 Å². The normalized spacial score (nSPS) is 22.9. The summed E-state index contributed by atoms with van der Waals surface area (Å²) in [7, 11) is 1.27. The number of unbranched alkanes of at least 4 members (excludes halogenated alkanes) is 2. The number of fused-ring (bicyclic) bond motifs is 3. The predicted molar refractivity (Wildman–Crippen MR) is 278 cm³/mol. The first kappa shape index (κ1) is 60.8. The molecule has 0 bridgehead atoms. The van der Waals surface area contributed by atoms with E-state index in [-0.39, 0.29) is 71.3 Å². The third-order valence-corrected chi connectivity index (χ3v) is 14.6. The maximum absolute atomic E-state index is 14.2.